The fraction of sp³-hybridized carbons (Fsp3) is 0.190. The summed E-state index contributed by atoms with van der Waals surface area (Å²) < 4.78 is 1.25. The van der Waals surface area contributed by atoms with Crippen LogP contribution in [0.15, 0.2) is 66.2 Å². The molecule has 3 heterocycles. The molecule has 0 aliphatic heterocycles. The molecule has 0 aliphatic carbocycles. The third-order valence-corrected chi connectivity index (χ3v) is 4.49. The Balaban J connectivity index is 1.40. The Hall–Kier alpha value is -4.01. The first-order valence-corrected chi connectivity index (χ1v) is 9.50. The number of amides is 1. The molecular formula is C21H19N7O2. The molecule has 0 spiro atoms. The van der Waals surface area contributed by atoms with E-state index in [1.165, 1.54) is 35.0 Å². The highest BCUT2D eigenvalue weighted by Gasteiger charge is 2.11. The molecule has 0 aliphatic rings. The number of hydrogen-bond acceptors (Lipinski definition) is 7. The van der Waals surface area contributed by atoms with Gasteiger partial charge in [-0.05, 0) is 18.4 Å². The molecule has 1 aromatic carbocycles. The Morgan fingerprint density at radius 1 is 1.03 bits per heavy atom. The van der Waals surface area contributed by atoms with Crippen LogP contribution in [0.1, 0.15) is 12.0 Å². The first-order valence-electron chi connectivity index (χ1n) is 9.50. The summed E-state index contributed by atoms with van der Waals surface area (Å²) >= 11 is 0. The number of nitrogens with zero attached hydrogens (tertiary/aromatic N) is 6. The van der Waals surface area contributed by atoms with E-state index in [2.05, 4.69) is 42.4 Å². The van der Waals surface area contributed by atoms with E-state index in [0.29, 0.717) is 18.1 Å². The smallest absolute Gasteiger partial charge is 0.264 e. The van der Waals surface area contributed by atoms with E-state index in [1.807, 2.05) is 18.2 Å². The summed E-state index contributed by atoms with van der Waals surface area (Å²) in [6.07, 6.45) is 9.03. The predicted octanol–water partition coefficient (Wildman–Crippen LogP) is 1.39. The van der Waals surface area contributed by atoms with Gasteiger partial charge in [0, 0.05) is 25.1 Å². The van der Waals surface area contributed by atoms with Crippen LogP contribution in [0.2, 0.25) is 0 Å². The van der Waals surface area contributed by atoms with Crippen molar-refractivity contribution in [2.45, 2.75) is 19.4 Å². The molecule has 0 radical (unpaired) electrons. The fourth-order valence-corrected chi connectivity index (χ4v) is 2.98. The molecule has 4 aromatic rings. The number of benzene rings is 1. The first kappa shape index (κ1) is 19.3. The largest absolute Gasteiger partial charge is 0.355 e. The Morgan fingerprint density at radius 3 is 2.70 bits per heavy atom. The average molecular weight is 401 g/mol. The second kappa shape index (κ2) is 8.99. The van der Waals surface area contributed by atoms with Gasteiger partial charge in [0.2, 0.25) is 5.91 Å². The maximum Gasteiger partial charge on any atom is 0.264 e. The van der Waals surface area contributed by atoms with Crippen LogP contribution in [-0.2, 0) is 17.8 Å². The lowest BCUT2D eigenvalue weighted by atomic mass is 10.1. The first-order chi connectivity index (χ1) is 14.7. The number of rotatable bonds is 7. The maximum atomic E-state index is 12.7. The summed E-state index contributed by atoms with van der Waals surface area (Å²) in [5.74, 6) is 0.0832. The molecule has 0 bridgehead atoms. The number of fused-ring (bicyclic) bond motifs is 1. The van der Waals surface area contributed by atoms with E-state index < -0.39 is 0 Å². The van der Waals surface area contributed by atoms with E-state index >= 15 is 0 Å². The van der Waals surface area contributed by atoms with Crippen LogP contribution < -0.4 is 10.9 Å². The lowest BCUT2D eigenvalue weighted by molar-refractivity contribution is -0.121. The quantitative estimate of drug-likeness (QED) is 0.465. The number of carbonyl (C=O) groups is 1. The molecule has 3 aromatic heterocycles. The van der Waals surface area contributed by atoms with E-state index in [9.17, 15) is 9.59 Å². The summed E-state index contributed by atoms with van der Waals surface area (Å²) in [5, 5.41) is 3.07. The molecule has 9 heteroatoms. The van der Waals surface area contributed by atoms with E-state index in [-0.39, 0.29) is 29.0 Å². The second-order valence-electron chi connectivity index (χ2n) is 6.64. The highest BCUT2D eigenvalue weighted by Crippen LogP contribution is 2.11. The molecule has 1 amide bonds. The number of hydrogen-bond donors (Lipinski definition) is 1. The van der Waals surface area contributed by atoms with Gasteiger partial charge in [0.25, 0.3) is 5.56 Å². The minimum atomic E-state index is -0.370. The molecular weight excluding hydrogens is 382 g/mol. The standard InChI is InChI=1S/C21H19N7O2/c29-18(24-8-4-7-15-5-2-1-3-6-15)13-28-14-26-19-16(21(28)30)11-25-20(27-19)17-12-22-9-10-23-17/h1-3,5-6,9-12,14H,4,7-8,13H2,(H,24,29). The third kappa shape index (κ3) is 4.52. The molecule has 4 rings (SSSR count). The molecule has 0 saturated carbocycles. The molecule has 9 nitrogen and oxygen atoms in total. The number of carbonyl (C=O) groups excluding carboxylic acids is 1. The van der Waals surface area contributed by atoms with Crippen molar-refractivity contribution in [3.63, 3.8) is 0 Å². The molecule has 1 N–H and O–H groups in total. The normalized spacial score (nSPS) is 10.8. The zero-order valence-electron chi connectivity index (χ0n) is 16.1. The lowest BCUT2D eigenvalue weighted by Crippen LogP contribution is -2.33. The Bertz CT molecular complexity index is 1210. The predicted molar refractivity (Wildman–Crippen MR) is 110 cm³/mol. The van der Waals surface area contributed by atoms with Crippen molar-refractivity contribution >= 4 is 16.9 Å². The molecule has 0 atom stereocenters. The summed E-state index contributed by atoms with van der Waals surface area (Å²) in [6, 6.07) is 10.1. The van der Waals surface area contributed by atoms with Gasteiger partial charge in [0.1, 0.15) is 24.0 Å². The minimum absolute atomic E-state index is 0.112. The van der Waals surface area contributed by atoms with E-state index in [1.54, 1.807) is 6.20 Å². The number of aryl methyl sites for hydroxylation is 1. The van der Waals surface area contributed by atoms with Crippen molar-refractivity contribution in [3.05, 3.63) is 77.4 Å². The van der Waals surface area contributed by atoms with Crippen molar-refractivity contribution in [3.8, 4) is 11.5 Å². The topological polar surface area (TPSA) is 116 Å². The highest BCUT2D eigenvalue weighted by molar-refractivity contribution is 5.77. The second-order valence-corrected chi connectivity index (χ2v) is 6.64. The Morgan fingerprint density at radius 2 is 1.90 bits per heavy atom. The van der Waals surface area contributed by atoms with Crippen molar-refractivity contribution in [1.82, 2.24) is 34.8 Å². The monoisotopic (exact) mass is 401 g/mol. The van der Waals surface area contributed by atoms with Crippen molar-refractivity contribution in [2.24, 2.45) is 0 Å². The molecule has 30 heavy (non-hydrogen) atoms. The van der Waals surface area contributed by atoms with E-state index in [4.69, 9.17) is 0 Å². The average Bonchev–Trinajstić information content (AvgIpc) is 2.80. The lowest BCUT2D eigenvalue weighted by Gasteiger charge is -2.08. The van der Waals surface area contributed by atoms with Crippen molar-refractivity contribution < 1.29 is 4.79 Å². The Labute approximate surface area is 171 Å². The zero-order valence-corrected chi connectivity index (χ0v) is 16.1. The van der Waals surface area contributed by atoms with Crippen LogP contribution >= 0.6 is 0 Å². The number of aromatic nitrogens is 6. The Kier molecular flexibility index (Phi) is 5.79. The van der Waals surface area contributed by atoms with Gasteiger partial charge in [-0.15, -0.1) is 0 Å². The summed E-state index contributed by atoms with van der Waals surface area (Å²) in [4.78, 5) is 45.6. The van der Waals surface area contributed by atoms with Gasteiger partial charge < -0.3 is 5.32 Å². The number of nitrogens with one attached hydrogen (secondary N) is 1. The van der Waals surface area contributed by atoms with Gasteiger partial charge in [-0.2, -0.15) is 0 Å². The van der Waals surface area contributed by atoms with Crippen LogP contribution in [-0.4, -0.2) is 41.9 Å². The van der Waals surface area contributed by atoms with Crippen LogP contribution in [0.4, 0.5) is 0 Å². The summed E-state index contributed by atoms with van der Waals surface area (Å²) in [5.41, 5.74) is 1.59. The summed E-state index contributed by atoms with van der Waals surface area (Å²) in [7, 11) is 0. The van der Waals surface area contributed by atoms with Crippen LogP contribution in [0.25, 0.3) is 22.6 Å². The van der Waals surface area contributed by atoms with Crippen molar-refractivity contribution in [2.75, 3.05) is 6.54 Å². The third-order valence-electron chi connectivity index (χ3n) is 4.49. The van der Waals surface area contributed by atoms with Crippen molar-refractivity contribution in [1.29, 1.82) is 0 Å². The molecule has 0 unspecified atom stereocenters. The van der Waals surface area contributed by atoms with Crippen LogP contribution in [0.5, 0.6) is 0 Å². The zero-order chi connectivity index (χ0) is 20.8. The van der Waals surface area contributed by atoms with E-state index in [0.717, 1.165) is 12.8 Å². The highest BCUT2D eigenvalue weighted by atomic mass is 16.2. The van der Waals surface area contributed by atoms with Gasteiger partial charge in [0.15, 0.2) is 11.5 Å². The maximum absolute atomic E-state index is 12.7. The van der Waals surface area contributed by atoms with Gasteiger partial charge in [0.05, 0.1) is 6.20 Å². The van der Waals surface area contributed by atoms with Gasteiger partial charge >= 0.3 is 0 Å². The van der Waals surface area contributed by atoms with Gasteiger partial charge in [-0.3, -0.25) is 19.1 Å². The fourth-order valence-electron chi connectivity index (χ4n) is 2.98. The molecule has 0 saturated heterocycles. The minimum Gasteiger partial charge on any atom is -0.355 e. The molecule has 0 fully saturated rings. The van der Waals surface area contributed by atoms with Crippen LogP contribution in [0, 0.1) is 0 Å². The summed E-state index contributed by atoms with van der Waals surface area (Å²) in [6.45, 7) is 0.424. The SMILES string of the molecule is O=C(Cn1cnc2nc(-c3cnccn3)ncc2c1=O)NCCCc1ccccc1. The molecule has 150 valence electrons. The van der Waals surface area contributed by atoms with Gasteiger partial charge in [-0.25, -0.2) is 19.9 Å². The van der Waals surface area contributed by atoms with Crippen LogP contribution in [0.3, 0.4) is 0 Å². The van der Waals surface area contributed by atoms with Gasteiger partial charge in [-0.1, -0.05) is 30.3 Å².